The molecule has 2 aromatic rings. The van der Waals surface area contributed by atoms with Crippen LogP contribution in [0.25, 0.3) is 10.8 Å². The van der Waals surface area contributed by atoms with Gasteiger partial charge in [-0.3, -0.25) is 4.79 Å². The summed E-state index contributed by atoms with van der Waals surface area (Å²) in [6, 6.07) is 7.39. The number of anilines is 1. The first-order chi connectivity index (χ1) is 9.15. The Morgan fingerprint density at radius 1 is 1.16 bits per heavy atom. The van der Waals surface area contributed by atoms with Crippen LogP contribution < -0.4 is 10.5 Å². The largest absolute Gasteiger partial charge is 0.356 e. The zero-order chi connectivity index (χ0) is 13.4. The Bertz CT molecular complexity index is 659. The molecule has 0 saturated carbocycles. The van der Waals surface area contributed by atoms with E-state index in [0.717, 1.165) is 37.4 Å². The molecule has 3 rings (SSSR count). The van der Waals surface area contributed by atoms with Gasteiger partial charge in [0.1, 0.15) is 5.82 Å². The third-order valence-electron chi connectivity index (χ3n) is 3.66. The highest BCUT2D eigenvalue weighted by Crippen LogP contribution is 2.24. The number of pyridine rings is 1. The molecule has 0 aliphatic carbocycles. The number of piperazine rings is 1. The summed E-state index contributed by atoms with van der Waals surface area (Å²) in [5.74, 6) is 0.860. The number of hydrogen-bond donors (Lipinski definition) is 1. The number of halogens is 1. The van der Waals surface area contributed by atoms with Crippen molar-refractivity contribution in [3.8, 4) is 0 Å². The second-order valence-electron chi connectivity index (χ2n) is 4.98. The molecule has 2 heterocycles. The van der Waals surface area contributed by atoms with E-state index in [1.54, 1.807) is 12.1 Å². The first-order valence-electron chi connectivity index (χ1n) is 6.40. The van der Waals surface area contributed by atoms with Crippen LogP contribution in [0.15, 0.2) is 29.1 Å². The van der Waals surface area contributed by atoms with Crippen molar-refractivity contribution in [2.45, 2.75) is 0 Å². The molecule has 1 aliphatic rings. The maximum Gasteiger partial charge on any atom is 0.257 e. The molecule has 0 bridgehead atoms. The molecule has 100 valence electrons. The number of benzene rings is 1. The zero-order valence-electron chi connectivity index (χ0n) is 10.8. The predicted octanol–water partition coefficient (Wildman–Crippen LogP) is 1.93. The lowest BCUT2D eigenvalue weighted by atomic mass is 10.1. The van der Waals surface area contributed by atoms with Crippen molar-refractivity contribution < 1.29 is 0 Å². The van der Waals surface area contributed by atoms with Crippen LogP contribution in [0.3, 0.4) is 0 Å². The Kier molecular flexibility index (Phi) is 3.21. The molecule has 1 N–H and O–H groups in total. The van der Waals surface area contributed by atoms with Gasteiger partial charge in [-0.25, -0.2) is 0 Å². The molecule has 19 heavy (non-hydrogen) atoms. The molecule has 5 heteroatoms. The van der Waals surface area contributed by atoms with Crippen molar-refractivity contribution in [3.05, 3.63) is 39.6 Å². The maximum atomic E-state index is 12.1. The topological polar surface area (TPSA) is 39.3 Å². The van der Waals surface area contributed by atoms with Gasteiger partial charge in [0.2, 0.25) is 0 Å². The molecular formula is C14H16ClN3O. The summed E-state index contributed by atoms with van der Waals surface area (Å²) >= 11 is 6.18. The third-order valence-corrected chi connectivity index (χ3v) is 3.99. The van der Waals surface area contributed by atoms with Crippen molar-refractivity contribution in [1.29, 1.82) is 0 Å². The molecule has 0 atom stereocenters. The standard InChI is InChI=1S/C14H16ClN3O/c1-17-5-7-18(8-6-17)13-9-11-10(14(19)16-13)3-2-4-12(11)15/h2-4,9H,5-8H2,1H3,(H,16,19). The number of nitrogens with one attached hydrogen (secondary N) is 1. The van der Waals surface area contributed by atoms with E-state index in [4.69, 9.17) is 11.6 Å². The Balaban J connectivity index is 2.06. The average molecular weight is 278 g/mol. The van der Waals surface area contributed by atoms with E-state index in [1.807, 2.05) is 12.1 Å². The second kappa shape index (κ2) is 4.87. The normalized spacial score (nSPS) is 17.1. The van der Waals surface area contributed by atoms with Crippen molar-refractivity contribution >= 4 is 28.2 Å². The van der Waals surface area contributed by atoms with Gasteiger partial charge in [0.25, 0.3) is 5.56 Å². The van der Waals surface area contributed by atoms with Gasteiger partial charge < -0.3 is 14.8 Å². The van der Waals surface area contributed by atoms with Crippen LogP contribution >= 0.6 is 11.6 Å². The van der Waals surface area contributed by atoms with Gasteiger partial charge in [0.05, 0.1) is 0 Å². The van der Waals surface area contributed by atoms with Gasteiger partial charge in [-0.2, -0.15) is 0 Å². The lowest BCUT2D eigenvalue weighted by Gasteiger charge is -2.33. The van der Waals surface area contributed by atoms with Crippen LogP contribution in [-0.4, -0.2) is 43.1 Å². The minimum Gasteiger partial charge on any atom is -0.356 e. The Morgan fingerprint density at radius 2 is 1.89 bits per heavy atom. The van der Waals surface area contributed by atoms with Gasteiger partial charge in [0, 0.05) is 42.0 Å². The third kappa shape index (κ3) is 2.33. The fourth-order valence-electron chi connectivity index (χ4n) is 2.46. The van der Waals surface area contributed by atoms with Crippen molar-refractivity contribution in [1.82, 2.24) is 9.88 Å². The molecule has 4 nitrogen and oxygen atoms in total. The van der Waals surface area contributed by atoms with Crippen LogP contribution in [0.1, 0.15) is 0 Å². The Hall–Kier alpha value is -1.52. The summed E-state index contributed by atoms with van der Waals surface area (Å²) in [6.07, 6.45) is 0. The summed E-state index contributed by atoms with van der Waals surface area (Å²) in [5, 5.41) is 2.09. The summed E-state index contributed by atoms with van der Waals surface area (Å²) in [4.78, 5) is 19.5. The van der Waals surface area contributed by atoms with E-state index in [-0.39, 0.29) is 5.56 Å². The fraction of sp³-hybridized carbons (Fsp3) is 0.357. The molecular weight excluding hydrogens is 262 g/mol. The number of nitrogens with zero attached hydrogens (tertiary/aromatic N) is 2. The quantitative estimate of drug-likeness (QED) is 0.866. The minimum absolute atomic E-state index is 0.0751. The van der Waals surface area contributed by atoms with E-state index in [1.165, 1.54) is 0 Å². The molecule has 0 unspecified atom stereocenters. The van der Waals surface area contributed by atoms with Crippen LogP contribution in [-0.2, 0) is 0 Å². The maximum absolute atomic E-state index is 12.1. The number of aromatic nitrogens is 1. The number of aromatic amines is 1. The SMILES string of the molecule is CN1CCN(c2cc3c(Cl)cccc3c(=O)[nH]2)CC1. The number of rotatable bonds is 1. The van der Waals surface area contributed by atoms with Crippen LogP contribution in [0.5, 0.6) is 0 Å². The molecule has 1 aromatic carbocycles. The highest BCUT2D eigenvalue weighted by Gasteiger charge is 2.16. The number of likely N-dealkylation sites (N-methyl/N-ethyl adjacent to an activating group) is 1. The Morgan fingerprint density at radius 3 is 2.63 bits per heavy atom. The second-order valence-corrected chi connectivity index (χ2v) is 5.38. The predicted molar refractivity (Wildman–Crippen MR) is 79.3 cm³/mol. The first kappa shape index (κ1) is 12.5. The average Bonchev–Trinajstić information content (AvgIpc) is 2.41. The van der Waals surface area contributed by atoms with Crippen molar-refractivity contribution in [2.24, 2.45) is 0 Å². The lowest BCUT2D eigenvalue weighted by molar-refractivity contribution is 0.312. The van der Waals surface area contributed by atoms with Gasteiger partial charge in [-0.15, -0.1) is 0 Å². The monoisotopic (exact) mass is 277 g/mol. The highest BCUT2D eigenvalue weighted by molar-refractivity contribution is 6.35. The molecule has 0 radical (unpaired) electrons. The van der Waals surface area contributed by atoms with E-state index < -0.39 is 0 Å². The summed E-state index contributed by atoms with van der Waals surface area (Å²) in [6.45, 7) is 3.84. The van der Waals surface area contributed by atoms with Crippen LogP contribution in [0.4, 0.5) is 5.82 Å². The summed E-state index contributed by atoms with van der Waals surface area (Å²) in [5.41, 5.74) is -0.0751. The van der Waals surface area contributed by atoms with E-state index in [2.05, 4.69) is 21.8 Å². The smallest absolute Gasteiger partial charge is 0.257 e. The number of H-pyrrole nitrogens is 1. The molecule has 1 aromatic heterocycles. The molecule has 1 fully saturated rings. The van der Waals surface area contributed by atoms with Crippen molar-refractivity contribution in [3.63, 3.8) is 0 Å². The van der Waals surface area contributed by atoms with Gasteiger partial charge in [0.15, 0.2) is 0 Å². The first-order valence-corrected chi connectivity index (χ1v) is 6.78. The lowest BCUT2D eigenvalue weighted by Crippen LogP contribution is -2.45. The molecule has 0 amide bonds. The molecule has 0 spiro atoms. The number of hydrogen-bond acceptors (Lipinski definition) is 3. The molecule has 1 aliphatic heterocycles. The van der Waals surface area contributed by atoms with Gasteiger partial charge >= 0.3 is 0 Å². The fourth-order valence-corrected chi connectivity index (χ4v) is 2.68. The van der Waals surface area contributed by atoms with E-state index in [0.29, 0.717) is 10.4 Å². The zero-order valence-corrected chi connectivity index (χ0v) is 11.6. The van der Waals surface area contributed by atoms with Crippen molar-refractivity contribution in [2.75, 3.05) is 38.1 Å². The van der Waals surface area contributed by atoms with Crippen LogP contribution in [0.2, 0.25) is 5.02 Å². The highest BCUT2D eigenvalue weighted by atomic mass is 35.5. The summed E-state index contributed by atoms with van der Waals surface area (Å²) < 4.78 is 0. The Labute approximate surface area is 116 Å². The van der Waals surface area contributed by atoms with Gasteiger partial charge in [-0.05, 0) is 25.2 Å². The number of fused-ring (bicyclic) bond motifs is 1. The van der Waals surface area contributed by atoms with Crippen LogP contribution in [0, 0.1) is 0 Å². The van der Waals surface area contributed by atoms with E-state index >= 15 is 0 Å². The molecule has 1 saturated heterocycles. The van der Waals surface area contributed by atoms with Gasteiger partial charge in [-0.1, -0.05) is 17.7 Å². The minimum atomic E-state index is -0.0751. The van der Waals surface area contributed by atoms with E-state index in [9.17, 15) is 4.79 Å². The summed E-state index contributed by atoms with van der Waals surface area (Å²) in [7, 11) is 2.11.